The molecule has 1 rings (SSSR count). The van der Waals surface area contributed by atoms with Crippen LogP contribution < -0.4 is 11.1 Å². The summed E-state index contributed by atoms with van der Waals surface area (Å²) in [7, 11) is 1.46. The Labute approximate surface area is 114 Å². The van der Waals surface area contributed by atoms with E-state index < -0.39 is 11.9 Å². The number of hydrogen-bond donors (Lipinski definition) is 3. The molecule has 0 bridgehead atoms. The van der Waals surface area contributed by atoms with E-state index in [1.807, 2.05) is 0 Å². The molecule has 0 saturated carbocycles. The summed E-state index contributed by atoms with van der Waals surface area (Å²) in [6.45, 7) is 0.126. The molecule has 0 aliphatic heterocycles. The van der Waals surface area contributed by atoms with Crippen LogP contribution in [0.1, 0.15) is 0 Å². The van der Waals surface area contributed by atoms with E-state index in [1.165, 1.54) is 13.2 Å². The number of halogens is 2. The minimum absolute atomic E-state index is 0. The topological polar surface area (TPSA) is 84.6 Å². The minimum atomic E-state index is -0.761. The zero-order chi connectivity index (χ0) is 12.1. The van der Waals surface area contributed by atoms with Crippen LogP contribution in [0.3, 0.4) is 0 Å². The lowest BCUT2D eigenvalue weighted by atomic mass is 10.2. The van der Waals surface area contributed by atoms with Crippen LogP contribution in [0.4, 0.5) is 5.69 Å². The fraction of sp³-hybridized carbons (Fsp3) is 0.300. The number of carbonyl (C=O) groups is 1. The third kappa shape index (κ3) is 4.91. The molecule has 5 nitrogen and oxygen atoms in total. The first-order valence-electron chi connectivity index (χ1n) is 4.58. The highest BCUT2D eigenvalue weighted by Gasteiger charge is 2.14. The number of ether oxygens (including phenoxy) is 1. The van der Waals surface area contributed by atoms with E-state index in [2.05, 4.69) is 21.2 Å². The van der Waals surface area contributed by atoms with Gasteiger partial charge >= 0.3 is 0 Å². The summed E-state index contributed by atoms with van der Waals surface area (Å²) in [5.41, 5.74) is 5.84. The quantitative estimate of drug-likeness (QED) is 0.732. The number of carbonyl (C=O) groups excluding carboxylic acids is 1. The predicted molar refractivity (Wildman–Crippen MR) is 71.5 cm³/mol. The van der Waals surface area contributed by atoms with Gasteiger partial charge in [-0.05, 0) is 18.2 Å². The molecule has 1 atom stereocenters. The van der Waals surface area contributed by atoms with E-state index in [4.69, 9.17) is 10.5 Å². The molecule has 96 valence electrons. The molecule has 17 heavy (non-hydrogen) atoms. The zero-order valence-electron chi connectivity index (χ0n) is 9.14. The first-order chi connectivity index (χ1) is 7.54. The Morgan fingerprint density at radius 3 is 2.88 bits per heavy atom. The maximum Gasteiger partial charge on any atom is 0.243 e. The second-order valence-corrected chi connectivity index (χ2v) is 4.13. The average Bonchev–Trinajstić information content (AvgIpc) is 2.23. The summed E-state index contributed by atoms with van der Waals surface area (Å²) in [5, 5.41) is 12.0. The number of nitrogens with two attached hydrogens (primary N) is 1. The summed E-state index contributed by atoms with van der Waals surface area (Å²) in [4.78, 5) is 11.5. The van der Waals surface area contributed by atoms with Crippen LogP contribution in [-0.4, -0.2) is 30.8 Å². The normalized spacial score (nSPS) is 11.5. The van der Waals surface area contributed by atoms with Gasteiger partial charge in [0.1, 0.15) is 11.8 Å². The maximum atomic E-state index is 11.5. The molecule has 1 unspecified atom stereocenters. The Kier molecular flexibility index (Phi) is 7.13. The van der Waals surface area contributed by atoms with E-state index in [0.29, 0.717) is 5.69 Å². The number of amides is 1. The van der Waals surface area contributed by atoms with Crippen LogP contribution in [0.25, 0.3) is 0 Å². The van der Waals surface area contributed by atoms with Crippen LogP contribution >= 0.6 is 28.3 Å². The summed E-state index contributed by atoms with van der Waals surface area (Å²) >= 11 is 3.24. The highest BCUT2D eigenvalue weighted by Crippen LogP contribution is 2.26. The fourth-order valence-corrected chi connectivity index (χ4v) is 1.45. The van der Waals surface area contributed by atoms with Crippen molar-refractivity contribution in [2.24, 2.45) is 5.73 Å². The van der Waals surface area contributed by atoms with E-state index in [9.17, 15) is 9.90 Å². The standard InChI is InChI=1S/C10H13BrN2O3.ClH/c1-16-5-7(12)10(15)13-8-4-6(11)2-3-9(8)14;/h2-4,7,14H,5,12H2,1H3,(H,13,15);1H. The number of methoxy groups -OCH3 is 1. The number of aromatic hydroxyl groups is 1. The molecule has 0 aliphatic carbocycles. The minimum Gasteiger partial charge on any atom is -0.506 e. The fourth-order valence-electron chi connectivity index (χ4n) is 1.09. The van der Waals surface area contributed by atoms with Crippen LogP contribution in [0.15, 0.2) is 22.7 Å². The van der Waals surface area contributed by atoms with Crippen molar-refractivity contribution in [3.63, 3.8) is 0 Å². The van der Waals surface area contributed by atoms with Gasteiger partial charge in [0, 0.05) is 11.6 Å². The van der Waals surface area contributed by atoms with Gasteiger partial charge in [-0.25, -0.2) is 0 Å². The number of phenolic OH excluding ortho intramolecular Hbond substituents is 1. The zero-order valence-corrected chi connectivity index (χ0v) is 11.5. The van der Waals surface area contributed by atoms with Crippen LogP contribution in [0.2, 0.25) is 0 Å². The summed E-state index contributed by atoms with van der Waals surface area (Å²) < 4.78 is 5.51. The lowest BCUT2D eigenvalue weighted by Crippen LogP contribution is -2.39. The third-order valence-electron chi connectivity index (χ3n) is 1.90. The lowest BCUT2D eigenvalue weighted by molar-refractivity contribution is -0.118. The Bertz CT molecular complexity index is 390. The number of phenols is 1. The maximum absolute atomic E-state index is 11.5. The van der Waals surface area contributed by atoms with Gasteiger partial charge in [0.2, 0.25) is 5.91 Å². The molecule has 0 aliphatic rings. The molecule has 4 N–H and O–H groups in total. The number of benzene rings is 1. The SMILES string of the molecule is COCC(N)C(=O)Nc1cc(Br)ccc1O.Cl. The summed E-state index contributed by atoms with van der Waals surface area (Å²) in [6, 6.07) is 3.97. The van der Waals surface area contributed by atoms with Gasteiger partial charge in [-0.3, -0.25) is 4.79 Å². The van der Waals surface area contributed by atoms with Crippen LogP contribution in [0, 0.1) is 0 Å². The van der Waals surface area contributed by atoms with Gasteiger partial charge in [-0.15, -0.1) is 12.4 Å². The van der Waals surface area contributed by atoms with Crippen molar-refractivity contribution in [3.05, 3.63) is 22.7 Å². The summed E-state index contributed by atoms with van der Waals surface area (Å²) in [6.07, 6.45) is 0. The number of hydrogen-bond acceptors (Lipinski definition) is 4. The second-order valence-electron chi connectivity index (χ2n) is 3.21. The van der Waals surface area contributed by atoms with Crippen molar-refractivity contribution < 1.29 is 14.6 Å². The Hall–Kier alpha value is -0.820. The third-order valence-corrected chi connectivity index (χ3v) is 2.39. The molecule has 0 fully saturated rings. The molecular weight excluding hydrogens is 311 g/mol. The van der Waals surface area contributed by atoms with Crippen molar-refractivity contribution in [2.75, 3.05) is 19.0 Å². The van der Waals surface area contributed by atoms with Gasteiger partial charge < -0.3 is 20.9 Å². The van der Waals surface area contributed by atoms with E-state index in [1.54, 1.807) is 12.1 Å². The molecular formula is C10H14BrClN2O3. The molecule has 1 aromatic rings. The van der Waals surface area contributed by atoms with Crippen LogP contribution in [-0.2, 0) is 9.53 Å². The van der Waals surface area contributed by atoms with Crippen molar-refractivity contribution in [3.8, 4) is 5.75 Å². The smallest absolute Gasteiger partial charge is 0.243 e. The molecule has 1 amide bonds. The molecule has 0 aromatic heterocycles. The predicted octanol–water partition coefficient (Wildman–Crippen LogP) is 1.49. The molecule has 1 aromatic carbocycles. The van der Waals surface area contributed by atoms with Crippen molar-refractivity contribution in [1.29, 1.82) is 0 Å². The molecule has 7 heteroatoms. The molecule has 0 spiro atoms. The van der Waals surface area contributed by atoms with Crippen molar-refractivity contribution >= 4 is 39.9 Å². The number of rotatable bonds is 4. The van der Waals surface area contributed by atoms with E-state index in [-0.39, 0.29) is 24.8 Å². The van der Waals surface area contributed by atoms with Crippen LogP contribution in [0.5, 0.6) is 5.75 Å². The second kappa shape index (κ2) is 7.50. The Morgan fingerprint density at radius 1 is 1.65 bits per heavy atom. The van der Waals surface area contributed by atoms with Crippen molar-refractivity contribution in [1.82, 2.24) is 0 Å². The Morgan fingerprint density at radius 2 is 2.29 bits per heavy atom. The van der Waals surface area contributed by atoms with E-state index >= 15 is 0 Å². The largest absolute Gasteiger partial charge is 0.506 e. The number of anilines is 1. The molecule has 0 radical (unpaired) electrons. The summed E-state index contributed by atoms with van der Waals surface area (Å²) in [5.74, 6) is -0.420. The molecule has 0 saturated heterocycles. The highest BCUT2D eigenvalue weighted by atomic mass is 79.9. The molecule has 0 heterocycles. The van der Waals surface area contributed by atoms with Gasteiger partial charge in [-0.1, -0.05) is 15.9 Å². The van der Waals surface area contributed by atoms with Gasteiger partial charge in [0.05, 0.1) is 12.3 Å². The lowest BCUT2D eigenvalue weighted by Gasteiger charge is -2.12. The average molecular weight is 326 g/mol. The van der Waals surface area contributed by atoms with Gasteiger partial charge in [-0.2, -0.15) is 0 Å². The first kappa shape index (κ1) is 16.2. The monoisotopic (exact) mass is 324 g/mol. The number of nitrogens with one attached hydrogen (secondary N) is 1. The highest BCUT2D eigenvalue weighted by molar-refractivity contribution is 9.10. The van der Waals surface area contributed by atoms with E-state index in [0.717, 1.165) is 4.47 Å². The van der Waals surface area contributed by atoms with Gasteiger partial charge in [0.15, 0.2) is 0 Å². The van der Waals surface area contributed by atoms with Crippen molar-refractivity contribution in [2.45, 2.75) is 6.04 Å². The van der Waals surface area contributed by atoms with Gasteiger partial charge in [0.25, 0.3) is 0 Å². The Balaban J connectivity index is 0.00000256. The first-order valence-corrected chi connectivity index (χ1v) is 5.37.